The van der Waals surface area contributed by atoms with Crippen LogP contribution in [-0.4, -0.2) is 32.3 Å². The van der Waals surface area contributed by atoms with Gasteiger partial charge in [0.2, 0.25) is 5.91 Å². The van der Waals surface area contributed by atoms with Crippen LogP contribution in [0.3, 0.4) is 0 Å². The van der Waals surface area contributed by atoms with Gasteiger partial charge in [0.05, 0.1) is 12.3 Å². The minimum absolute atomic E-state index is 0.0983. The average molecular weight is 516 g/mol. The fourth-order valence-electron chi connectivity index (χ4n) is 3.17. The molecule has 0 atom stereocenters. The molecule has 32 heavy (non-hydrogen) atoms. The molecule has 0 saturated carbocycles. The van der Waals surface area contributed by atoms with Gasteiger partial charge in [0, 0.05) is 22.3 Å². The van der Waals surface area contributed by atoms with Crippen molar-refractivity contribution in [3.05, 3.63) is 70.0 Å². The summed E-state index contributed by atoms with van der Waals surface area (Å²) in [6.45, 7) is 7.06. The predicted octanol–water partition coefficient (Wildman–Crippen LogP) is 4.84. The molecule has 0 radical (unpaired) electrons. The lowest BCUT2D eigenvalue weighted by Crippen LogP contribution is -2.24. The highest BCUT2D eigenvalue weighted by Gasteiger charge is 2.15. The van der Waals surface area contributed by atoms with Crippen molar-refractivity contribution in [3.8, 4) is 0 Å². The molecule has 2 aromatic carbocycles. The number of para-hydroxylation sites is 1. The number of halogens is 1. The van der Waals surface area contributed by atoms with Gasteiger partial charge in [-0.2, -0.15) is 0 Å². The molecule has 9 heteroatoms. The number of thioether (sulfide) groups is 1. The quantitative estimate of drug-likeness (QED) is 0.397. The largest absolute Gasteiger partial charge is 0.345 e. The Morgan fingerprint density at radius 2 is 1.81 bits per heavy atom. The Kier molecular flexibility index (Phi) is 8.46. The number of anilines is 1. The number of carbonyl (C=O) groups is 2. The van der Waals surface area contributed by atoms with Crippen LogP contribution >= 0.6 is 27.7 Å². The van der Waals surface area contributed by atoms with Crippen LogP contribution in [0.1, 0.15) is 48.4 Å². The van der Waals surface area contributed by atoms with E-state index >= 15 is 0 Å². The van der Waals surface area contributed by atoms with Crippen molar-refractivity contribution < 1.29 is 9.59 Å². The maximum atomic E-state index is 12.5. The van der Waals surface area contributed by atoms with Crippen molar-refractivity contribution in [3.63, 3.8) is 0 Å². The SMILES string of the molecule is CCn1c(CNC(=O)c2ccc(Br)cc2)nnc1SCC(=O)Nc1ccccc1C(C)C. The first-order chi connectivity index (χ1) is 15.4. The number of nitrogens with one attached hydrogen (secondary N) is 2. The van der Waals surface area contributed by atoms with Gasteiger partial charge in [-0.15, -0.1) is 10.2 Å². The highest BCUT2D eigenvalue weighted by atomic mass is 79.9. The van der Waals surface area contributed by atoms with E-state index in [0.29, 0.717) is 29.0 Å². The number of hydrogen-bond acceptors (Lipinski definition) is 5. The van der Waals surface area contributed by atoms with E-state index in [1.54, 1.807) is 12.1 Å². The van der Waals surface area contributed by atoms with Gasteiger partial charge in [-0.05, 0) is 48.7 Å². The van der Waals surface area contributed by atoms with Crippen LogP contribution in [0.15, 0.2) is 58.2 Å². The fourth-order valence-corrected chi connectivity index (χ4v) is 4.25. The normalized spacial score (nSPS) is 10.9. The summed E-state index contributed by atoms with van der Waals surface area (Å²) in [5, 5.41) is 14.9. The Hall–Kier alpha value is -2.65. The molecule has 168 valence electrons. The molecule has 0 unspecified atom stereocenters. The van der Waals surface area contributed by atoms with Crippen LogP contribution in [0.2, 0.25) is 0 Å². The zero-order chi connectivity index (χ0) is 23.1. The summed E-state index contributed by atoms with van der Waals surface area (Å²) < 4.78 is 2.82. The first-order valence-corrected chi connectivity index (χ1v) is 12.1. The molecule has 2 N–H and O–H groups in total. The van der Waals surface area contributed by atoms with E-state index in [4.69, 9.17) is 0 Å². The Balaban J connectivity index is 1.58. The van der Waals surface area contributed by atoms with E-state index in [2.05, 4.69) is 50.6 Å². The zero-order valence-electron chi connectivity index (χ0n) is 18.3. The molecule has 1 heterocycles. The van der Waals surface area contributed by atoms with Gasteiger partial charge >= 0.3 is 0 Å². The summed E-state index contributed by atoms with van der Waals surface area (Å²) in [6, 6.07) is 15.0. The molecule has 7 nitrogen and oxygen atoms in total. The van der Waals surface area contributed by atoms with Crippen LogP contribution in [0.25, 0.3) is 0 Å². The smallest absolute Gasteiger partial charge is 0.251 e. The minimum Gasteiger partial charge on any atom is -0.345 e. The van der Waals surface area contributed by atoms with E-state index in [1.807, 2.05) is 47.9 Å². The lowest BCUT2D eigenvalue weighted by Gasteiger charge is -2.13. The van der Waals surface area contributed by atoms with Crippen LogP contribution in [0.4, 0.5) is 5.69 Å². The number of nitrogens with zero attached hydrogens (tertiary/aromatic N) is 3. The Morgan fingerprint density at radius 3 is 2.50 bits per heavy atom. The zero-order valence-corrected chi connectivity index (χ0v) is 20.7. The standard InChI is InChI=1S/C23H26BrN5O2S/c1-4-29-20(13-25-22(31)16-9-11-17(24)12-10-16)27-28-23(29)32-14-21(30)26-19-8-6-5-7-18(19)15(2)3/h5-12,15H,4,13-14H2,1-3H3,(H,25,31)(H,26,30). The van der Waals surface area contributed by atoms with E-state index in [-0.39, 0.29) is 24.1 Å². The third-order valence-electron chi connectivity index (χ3n) is 4.81. The molecule has 0 fully saturated rings. The number of amides is 2. The van der Waals surface area contributed by atoms with Crippen LogP contribution < -0.4 is 10.6 Å². The van der Waals surface area contributed by atoms with E-state index in [1.165, 1.54) is 11.8 Å². The van der Waals surface area contributed by atoms with Gasteiger partial charge in [-0.25, -0.2) is 0 Å². The van der Waals surface area contributed by atoms with Crippen LogP contribution in [0, 0.1) is 0 Å². The number of aromatic nitrogens is 3. The van der Waals surface area contributed by atoms with Gasteiger partial charge in [0.15, 0.2) is 11.0 Å². The van der Waals surface area contributed by atoms with Gasteiger partial charge in [0.25, 0.3) is 5.91 Å². The number of hydrogen-bond donors (Lipinski definition) is 2. The molecule has 0 aliphatic carbocycles. The molecule has 3 aromatic rings. The first-order valence-electron chi connectivity index (χ1n) is 10.4. The van der Waals surface area contributed by atoms with Crippen molar-refractivity contribution >= 4 is 45.2 Å². The molecule has 0 spiro atoms. The number of benzene rings is 2. The van der Waals surface area contributed by atoms with Gasteiger partial charge in [0.1, 0.15) is 0 Å². The topological polar surface area (TPSA) is 88.9 Å². The van der Waals surface area contributed by atoms with E-state index in [9.17, 15) is 9.59 Å². The summed E-state index contributed by atoms with van der Waals surface area (Å²) in [6.07, 6.45) is 0. The average Bonchev–Trinajstić information content (AvgIpc) is 3.18. The predicted molar refractivity (Wildman–Crippen MR) is 131 cm³/mol. The van der Waals surface area contributed by atoms with Crippen LogP contribution in [0.5, 0.6) is 0 Å². The second kappa shape index (κ2) is 11.3. The van der Waals surface area contributed by atoms with Gasteiger partial charge < -0.3 is 15.2 Å². The second-order valence-corrected chi connectivity index (χ2v) is 9.27. The van der Waals surface area contributed by atoms with Crippen molar-refractivity contribution in [2.45, 2.75) is 44.9 Å². The Labute approximate surface area is 200 Å². The molecule has 1 aromatic heterocycles. The summed E-state index contributed by atoms with van der Waals surface area (Å²) in [5.74, 6) is 0.901. The summed E-state index contributed by atoms with van der Waals surface area (Å²) in [5.41, 5.74) is 2.51. The Bertz CT molecular complexity index is 1080. The Morgan fingerprint density at radius 1 is 1.09 bits per heavy atom. The van der Waals surface area contributed by atoms with Gasteiger partial charge in [-0.3, -0.25) is 9.59 Å². The maximum absolute atomic E-state index is 12.5. The highest BCUT2D eigenvalue weighted by Crippen LogP contribution is 2.24. The number of carbonyl (C=O) groups excluding carboxylic acids is 2. The number of rotatable bonds is 9. The third-order valence-corrected chi connectivity index (χ3v) is 6.31. The van der Waals surface area contributed by atoms with E-state index in [0.717, 1.165) is 15.7 Å². The summed E-state index contributed by atoms with van der Waals surface area (Å²) >= 11 is 4.69. The lowest BCUT2D eigenvalue weighted by atomic mass is 10.0. The highest BCUT2D eigenvalue weighted by molar-refractivity contribution is 9.10. The van der Waals surface area contributed by atoms with Crippen molar-refractivity contribution in [2.24, 2.45) is 0 Å². The molecule has 0 aliphatic rings. The third kappa shape index (κ3) is 6.20. The molecular weight excluding hydrogens is 490 g/mol. The molecule has 0 saturated heterocycles. The molecular formula is C23H26BrN5O2S. The van der Waals surface area contributed by atoms with E-state index < -0.39 is 0 Å². The molecule has 3 rings (SSSR count). The molecule has 0 aliphatic heterocycles. The summed E-state index contributed by atoms with van der Waals surface area (Å²) in [7, 11) is 0. The van der Waals surface area contributed by atoms with Crippen molar-refractivity contribution in [2.75, 3.05) is 11.1 Å². The molecule has 0 bridgehead atoms. The lowest BCUT2D eigenvalue weighted by molar-refractivity contribution is -0.113. The monoisotopic (exact) mass is 515 g/mol. The van der Waals surface area contributed by atoms with Gasteiger partial charge in [-0.1, -0.05) is 59.7 Å². The minimum atomic E-state index is -0.180. The first kappa shape index (κ1) is 24.0. The summed E-state index contributed by atoms with van der Waals surface area (Å²) in [4.78, 5) is 24.9. The fraction of sp³-hybridized carbons (Fsp3) is 0.304. The van der Waals surface area contributed by atoms with Crippen LogP contribution in [-0.2, 0) is 17.9 Å². The second-order valence-electron chi connectivity index (χ2n) is 7.41. The van der Waals surface area contributed by atoms with Crippen molar-refractivity contribution in [1.29, 1.82) is 0 Å². The molecule has 2 amide bonds. The maximum Gasteiger partial charge on any atom is 0.251 e. The van der Waals surface area contributed by atoms with Crippen molar-refractivity contribution in [1.82, 2.24) is 20.1 Å².